The predicted molar refractivity (Wildman–Crippen MR) is 215 cm³/mol. The monoisotopic (exact) mass is 687 g/mol. The largest absolute Gasteiger partial charge is 0.489 e. The lowest BCUT2D eigenvalue weighted by Gasteiger charge is -2.19. The van der Waals surface area contributed by atoms with Crippen LogP contribution in [-0.2, 0) is 4.74 Å². The number of methoxy groups -OCH3 is 1. The molecule has 0 amide bonds. The minimum Gasteiger partial charge on any atom is -0.489 e. The van der Waals surface area contributed by atoms with Gasteiger partial charge >= 0.3 is 0 Å². The number of benzene rings is 2. The average Bonchev–Trinajstić information content (AvgIpc) is 3.52. The molecule has 0 aliphatic rings. The highest BCUT2D eigenvalue weighted by molar-refractivity contribution is 6.31. The first-order chi connectivity index (χ1) is 23.8. The van der Waals surface area contributed by atoms with Crippen LogP contribution in [0.1, 0.15) is 110 Å². The summed E-state index contributed by atoms with van der Waals surface area (Å²) in [6.07, 6.45) is 20.0. The zero-order valence-electron chi connectivity index (χ0n) is 31.7. The Morgan fingerprint density at radius 2 is 1.67 bits per heavy atom. The maximum atomic E-state index is 11.4. The van der Waals surface area contributed by atoms with Gasteiger partial charge in [0.2, 0.25) is 0 Å². The second-order valence-electron chi connectivity index (χ2n) is 11.8. The van der Waals surface area contributed by atoms with Crippen molar-refractivity contribution in [2.75, 3.05) is 20.3 Å². The number of fused-ring (bicyclic) bond motifs is 1. The van der Waals surface area contributed by atoms with E-state index < -0.39 is 0 Å². The Bertz CT molecular complexity index is 1500. The molecule has 2 aromatic carbocycles. The van der Waals surface area contributed by atoms with E-state index in [1.54, 1.807) is 7.11 Å². The van der Waals surface area contributed by atoms with Crippen molar-refractivity contribution in [1.82, 2.24) is 4.57 Å². The van der Waals surface area contributed by atoms with E-state index in [0.717, 1.165) is 64.6 Å². The molecule has 0 radical (unpaired) electrons. The topological polar surface area (TPSA) is 40.5 Å². The summed E-state index contributed by atoms with van der Waals surface area (Å²) in [6, 6.07) is 16.7. The summed E-state index contributed by atoms with van der Waals surface area (Å²) >= 11 is 6.22. The van der Waals surface area contributed by atoms with Crippen molar-refractivity contribution in [3.05, 3.63) is 113 Å². The lowest BCUT2D eigenvalue weighted by molar-refractivity contribution is 0.112. The summed E-state index contributed by atoms with van der Waals surface area (Å²) in [5.41, 5.74) is 6.29. The number of rotatable bonds is 18. The number of carbonyl (C=O) groups excluding carboxylic acids is 1. The Kier molecular flexibility index (Phi) is 22.5. The third kappa shape index (κ3) is 14.4. The number of unbranched alkanes of at least 4 members (excludes halogenated alkanes) is 2. The van der Waals surface area contributed by atoms with Gasteiger partial charge in [0.15, 0.2) is 0 Å². The van der Waals surface area contributed by atoms with Gasteiger partial charge in [-0.05, 0) is 104 Å². The Morgan fingerprint density at radius 1 is 0.980 bits per heavy atom. The minimum atomic E-state index is 0.125. The van der Waals surface area contributed by atoms with E-state index >= 15 is 0 Å². The first-order valence-corrected chi connectivity index (χ1v) is 18.5. The highest BCUT2D eigenvalue weighted by atomic mass is 35.5. The molecule has 0 aliphatic heterocycles. The summed E-state index contributed by atoms with van der Waals surface area (Å²) in [6.45, 7) is 21.7. The van der Waals surface area contributed by atoms with Crippen molar-refractivity contribution in [2.24, 2.45) is 5.92 Å². The summed E-state index contributed by atoms with van der Waals surface area (Å²) in [5, 5.41) is 1.78. The third-order valence-corrected chi connectivity index (χ3v) is 8.42. The summed E-state index contributed by atoms with van der Waals surface area (Å²) in [5.74, 6) is 0.914. The van der Waals surface area contributed by atoms with Crippen LogP contribution in [0.15, 0.2) is 108 Å². The molecule has 3 rings (SSSR count). The van der Waals surface area contributed by atoms with E-state index in [4.69, 9.17) is 21.1 Å². The van der Waals surface area contributed by atoms with Crippen molar-refractivity contribution in [3.63, 3.8) is 0 Å². The third-order valence-electron chi connectivity index (χ3n) is 8.08. The summed E-state index contributed by atoms with van der Waals surface area (Å²) < 4.78 is 14.1. The van der Waals surface area contributed by atoms with E-state index in [1.165, 1.54) is 19.3 Å². The van der Waals surface area contributed by atoms with Crippen LogP contribution >= 0.6 is 11.6 Å². The van der Waals surface area contributed by atoms with Gasteiger partial charge in [-0.25, -0.2) is 0 Å². The second-order valence-corrected chi connectivity index (χ2v) is 12.3. The van der Waals surface area contributed by atoms with E-state index in [1.807, 2.05) is 63.3 Å². The molecule has 268 valence electrons. The van der Waals surface area contributed by atoms with Gasteiger partial charge in [-0.3, -0.25) is 4.79 Å². The SMILES string of the molecule is C=CC/C=C(\C(=C/COC)COc1ccc(-c2cc3cc(C=O)ccc3n2C(C)CCC)cc1)C(C)/C=C\C(Cl)=C/C.CC.CCCCC. The smallest absolute Gasteiger partial charge is 0.150 e. The van der Waals surface area contributed by atoms with Crippen LogP contribution in [0.4, 0.5) is 0 Å². The number of allylic oxidation sites excluding steroid dienone is 6. The van der Waals surface area contributed by atoms with Gasteiger partial charge in [0, 0.05) is 40.3 Å². The maximum Gasteiger partial charge on any atom is 0.150 e. The molecule has 0 N–H and O–H groups in total. The molecule has 0 aliphatic carbocycles. The molecule has 1 aromatic heterocycles. The molecule has 49 heavy (non-hydrogen) atoms. The quantitative estimate of drug-likeness (QED) is 0.0759. The van der Waals surface area contributed by atoms with E-state index in [-0.39, 0.29) is 5.92 Å². The van der Waals surface area contributed by atoms with Crippen LogP contribution in [0.3, 0.4) is 0 Å². The van der Waals surface area contributed by atoms with Crippen LogP contribution < -0.4 is 4.74 Å². The molecule has 5 heteroatoms. The Hall–Kier alpha value is -3.60. The molecular weight excluding hydrogens is 626 g/mol. The molecular formula is C44H62ClNO3. The number of hydrogen-bond donors (Lipinski definition) is 0. The van der Waals surface area contributed by atoms with Crippen LogP contribution in [0.2, 0.25) is 0 Å². The fraction of sp³-hybridized carbons (Fsp3) is 0.432. The summed E-state index contributed by atoms with van der Waals surface area (Å²) in [4.78, 5) is 11.4. The molecule has 0 fully saturated rings. The van der Waals surface area contributed by atoms with Gasteiger partial charge in [-0.1, -0.05) is 109 Å². The van der Waals surface area contributed by atoms with Crippen LogP contribution in [-0.4, -0.2) is 31.2 Å². The number of nitrogens with zero attached hydrogens (tertiary/aromatic N) is 1. The Balaban J connectivity index is 0.00000157. The van der Waals surface area contributed by atoms with Gasteiger partial charge in [-0.2, -0.15) is 0 Å². The summed E-state index contributed by atoms with van der Waals surface area (Å²) in [7, 11) is 1.69. The number of aromatic nitrogens is 1. The highest BCUT2D eigenvalue weighted by Crippen LogP contribution is 2.34. The van der Waals surface area contributed by atoms with Crippen molar-refractivity contribution in [3.8, 4) is 17.0 Å². The molecule has 4 nitrogen and oxygen atoms in total. The van der Waals surface area contributed by atoms with E-state index in [0.29, 0.717) is 29.9 Å². The fourth-order valence-electron chi connectivity index (χ4n) is 5.51. The lowest BCUT2D eigenvalue weighted by atomic mass is 9.92. The van der Waals surface area contributed by atoms with Gasteiger partial charge in [0.05, 0.1) is 6.61 Å². The first kappa shape index (κ1) is 43.4. The standard InChI is InChI=1S/C37H44ClNO3.C5H12.C2H6/c1-7-10-12-35(27(4)13-17-33(38)9-3)31(21-22-41-6)26-42-34-18-15-30(16-19-34)37-24-32-23-29(25-40)14-20-36(32)39(37)28(5)11-8-2;1-3-5-4-2;1-2/h7,9,12-21,23-25,27-28H,1,8,10-11,22,26H2,2-6H3;3-5H2,1-2H3;1-2H3/b17-13-,31-21-,33-9+,35-12-;;. The molecule has 0 saturated heterocycles. The van der Waals surface area contributed by atoms with Gasteiger partial charge in [0.25, 0.3) is 0 Å². The van der Waals surface area contributed by atoms with E-state index in [2.05, 4.69) is 88.3 Å². The Morgan fingerprint density at radius 3 is 2.22 bits per heavy atom. The number of carbonyl (C=O) groups is 1. The molecule has 0 bridgehead atoms. The molecule has 0 spiro atoms. The van der Waals surface area contributed by atoms with Crippen LogP contribution in [0, 0.1) is 5.92 Å². The van der Waals surface area contributed by atoms with Crippen LogP contribution in [0.5, 0.6) is 5.75 Å². The highest BCUT2D eigenvalue weighted by Gasteiger charge is 2.17. The molecule has 2 atom stereocenters. The maximum absolute atomic E-state index is 11.4. The van der Waals surface area contributed by atoms with Gasteiger partial charge in [0.1, 0.15) is 18.6 Å². The van der Waals surface area contributed by atoms with Gasteiger partial charge in [-0.15, -0.1) is 6.58 Å². The van der Waals surface area contributed by atoms with Gasteiger partial charge < -0.3 is 14.0 Å². The van der Waals surface area contributed by atoms with Crippen molar-refractivity contribution < 1.29 is 14.3 Å². The zero-order valence-corrected chi connectivity index (χ0v) is 32.5. The number of aldehydes is 1. The lowest BCUT2D eigenvalue weighted by Crippen LogP contribution is -2.10. The van der Waals surface area contributed by atoms with Crippen molar-refractivity contribution in [1.29, 1.82) is 0 Å². The minimum absolute atomic E-state index is 0.125. The van der Waals surface area contributed by atoms with Crippen LogP contribution in [0.25, 0.3) is 22.2 Å². The fourth-order valence-corrected chi connectivity index (χ4v) is 5.58. The normalized spacial score (nSPS) is 13.3. The Labute approximate surface area is 303 Å². The number of hydrogen-bond acceptors (Lipinski definition) is 3. The zero-order chi connectivity index (χ0) is 36.6. The molecule has 3 aromatic rings. The molecule has 0 saturated carbocycles. The average molecular weight is 688 g/mol. The van der Waals surface area contributed by atoms with Crippen molar-refractivity contribution in [2.45, 2.75) is 100.0 Å². The number of halogens is 1. The first-order valence-electron chi connectivity index (χ1n) is 18.1. The van der Waals surface area contributed by atoms with Crippen molar-refractivity contribution >= 4 is 28.8 Å². The molecule has 2 unspecified atom stereocenters. The molecule has 1 heterocycles. The predicted octanol–water partition coefficient (Wildman–Crippen LogP) is 13.5. The van der Waals surface area contributed by atoms with E-state index in [9.17, 15) is 4.79 Å². The second kappa shape index (κ2) is 25.4. The number of ether oxygens (including phenoxy) is 2.